The summed E-state index contributed by atoms with van der Waals surface area (Å²) in [5, 5.41) is 2.45. The van der Waals surface area contributed by atoms with Crippen LogP contribution in [-0.2, 0) is 14.3 Å². The van der Waals surface area contributed by atoms with Crippen molar-refractivity contribution in [1.82, 2.24) is 5.32 Å². The highest BCUT2D eigenvalue weighted by atomic mass is 19.1. The Bertz CT molecular complexity index is 446. The van der Waals surface area contributed by atoms with Crippen molar-refractivity contribution >= 4 is 11.9 Å². The Hall–Kier alpha value is -2.11. The number of esters is 1. The van der Waals surface area contributed by atoms with Crippen LogP contribution >= 0.6 is 0 Å². The summed E-state index contributed by atoms with van der Waals surface area (Å²) in [4.78, 5) is 22.9. The lowest BCUT2D eigenvalue weighted by atomic mass is 10.3. The highest BCUT2D eigenvalue weighted by Crippen LogP contribution is 2.13. The topological polar surface area (TPSA) is 64.6 Å². The van der Waals surface area contributed by atoms with Gasteiger partial charge in [-0.15, -0.1) is 0 Å². The van der Waals surface area contributed by atoms with Gasteiger partial charge >= 0.3 is 5.97 Å². The first kappa shape index (κ1) is 14.9. The van der Waals surface area contributed by atoms with Crippen LogP contribution in [0.25, 0.3) is 0 Å². The summed E-state index contributed by atoms with van der Waals surface area (Å²) in [5.41, 5.74) is 0. The average molecular weight is 269 g/mol. The van der Waals surface area contributed by atoms with E-state index in [2.05, 4.69) is 10.1 Å². The first-order valence-corrected chi connectivity index (χ1v) is 5.74. The molecule has 0 spiro atoms. The molecule has 0 aliphatic carbocycles. The Morgan fingerprint density at radius 1 is 1.21 bits per heavy atom. The molecule has 0 fully saturated rings. The van der Waals surface area contributed by atoms with E-state index in [4.69, 9.17) is 4.74 Å². The Morgan fingerprint density at radius 2 is 1.79 bits per heavy atom. The van der Waals surface area contributed by atoms with Crippen molar-refractivity contribution in [3.63, 3.8) is 0 Å². The van der Waals surface area contributed by atoms with Crippen LogP contribution in [0.15, 0.2) is 24.3 Å². The molecule has 1 aromatic rings. The van der Waals surface area contributed by atoms with Crippen LogP contribution in [0.1, 0.15) is 13.8 Å². The maximum Gasteiger partial charge on any atom is 0.328 e. The Labute approximate surface area is 110 Å². The summed E-state index contributed by atoms with van der Waals surface area (Å²) in [5.74, 6) is -1.01. The van der Waals surface area contributed by atoms with E-state index in [0.717, 1.165) is 0 Å². The van der Waals surface area contributed by atoms with Crippen molar-refractivity contribution in [2.24, 2.45) is 0 Å². The van der Waals surface area contributed by atoms with Gasteiger partial charge < -0.3 is 14.8 Å². The number of benzene rings is 1. The molecule has 104 valence electrons. The molecule has 0 aliphatic rings. The molecule has 2 unspecified atom stereocenters. The van der Waals surface area contributed by atoms with E-state index in [9.17, 15) is 14.0 Å². The summed E-state index contributed by atoms with van der Waals surface area (Å²) >= 11 is 0. The maximum atomic E-state index is 12.7. The molecule has 1 amide bonds. The van der Waals surface area contributed by atoms with Gasteiger partial charge in [-0.2, -0.15) is 0 Å². The standard InChI is InChI=1S/C13H16FNO4/c1-8(13(17)18-3)15-12(16)9(2)19-11-6-4-10(14)5-7-11/h4-9H,1-3H3,(H,15,16). The fourth-order valence-electron chi connectivity index (χ4n) is 1.34. The normalized spacial score (nSPS) is 13.3. The number of carbonyl (C=O) groups is 2. The van der Waals surface area contributed by atoms with Crippen LogP contribution in [0.3, 0.4) is 0 Å². The van der Waals surface area contributed by atoms with E-state index >= 15 is 0 Å². The molecule has 5 nitrogen and oxygen atoms in total. The van der Waals surface area contributed by atoms with Gasteiger partial charge in [-0.05, 0) is 38.1 Å². The molecule has 0 saturated heterocycles. The number of carbonyl (C=O) groups excluding carboxylic acids is 2. The van der Waals surface area contributed by atoms with E-state index in [0.29, 0.717) is 5.75 Å². The van der Waals surface area contributed by atoms with Crippen molar-refractivity contribution in [3.8, 4) is 5.75 Å². The Morgan fingerprint density at radius 3 is 2.32 bits per heavy atom. The van der Waals surface area contributed by atoms with Gasteiger partial charge in [-0.3, -0.25) is 4.79 Å². The summed E-state index contributed by atoms with van der Waals surface area (Å²) in [6, 6.07) is 4.55. The van der Waals surface area contributed by atoms with Crippen LogP contribution in [-0.4, -0.2) is 31.1 Å². The highest BCUT2D eigenvalue weighted by molar-refractivity contribution is 5.86. The van der Waals surface area contributed by atoms with Crippen molar-refractivity contribution in [2.45, 2.75) is 26.0 Å². The van der Waals surface area contributed by atoms with Crippen molar-refractivity contribution in [1.29, 1.82) is 0 Å². The molecule has 0 aromatic heterocycles. The van der Waals surface area contributed by atoms with Gasteiger partial charge in [0.2, 0.25) is 0 Å². The van der Waals surface area contributed by atoms with E-state index < -0.39 is 24.0 Å². The number of hydrogen-bond acceptors (Lipinski definition) is 4. The third kappa shape index (κ3) is 4.57. The van der Waals surface area contributed by atoms with Crippen LogP contribution in [0.4, 0.5) is 4.39 Å². The minimum atomic E-state index is -0.808. The lowest BCUT2D eigenvalue weighted by Gasteiger charge is -2.17. The fourth-order valence-corrected chi connectivity index (χ4v) is 1.34. The fraction of sp³-hybridized carbons (Fsp3) is 0.385. The molecule has 1 aromatic carbocycles. The summed E-state index contributed by atoms with van der Waals surface area (Å²) < 4.78 is 22.5. The van der Waals surface area contributed by atoms with Gasteiger partial charge in [0.25, 0.3) is 5.91 Å². The smallest absolute Gasteiger partial charge is 0.328 e. The zero-order valence-electron chi connectivity index (χ0n) is 11.0. The van der Waals surface area contributed by atoms with E-state index in [-0.39, 0.29) is 5.82 Å². The number of nitrogens with one attached hydrogen (secondary N) is 1. The minimum absolute atomic E-state index is 0.370. The third-order valence-corrected chi connectivity index (χ3v) is 2.41. The van der Waals surface area contributed by atoms with Gasteiger partial charge in [-0.25, -0.2) is 9.18 Å². The molecule has 6 heteroatoms. The zero-order valence-corrected chi connectivity index (χ0v) is 11.0. The number of hydrogen-bond donors (Lipinski definition) is 1. The minimum Gasteiger partial charge on any atom is -0.481 e. The van der Waals surface area contributed by atoms with E-state index in [1.54, 1.807) is 0 Å². The summed E-state index contributed by atoms with van der Waals surface area (Å²) in [6.07, 6.45) is -0.808. The first-order chi connectivity index (χ1) is 8.93. The van der Waals surface area contributed by atoms with Gasteiger partial charge in [0.15, 0.2) is 6.10 Å². The molecule has 19 heavy (non-hydrogen) atoms. The lowest BCUT2D eigenvalue weighted by molar-refractivity contribution is -0.145. The van der Waals surface area contributed by atoms with E-state index in [1.807, 2.05) is 0 Å². The Kier molecular flexibility index (Phi) is 5.29. The van der Waals surface area contributed by atoms with Crippen LogP contribution in [0, 0.1) is 5.82 Å². The van der Waals surface area contributed by atoms with E-state index in [1.165, 1.54) is 45.2 Å². The zero-order chi connectivity index (χ0) is 14.4. The van der Waals surface area contributed by atoms with Gasteiger partial charge in [-0.1, -0.05) is 0 Å². The first-order valence-electron chi connectivity index (χ1n) is 5.74. The van der Waals surface area contributed by atoms with Crippen LogP contribution in [0.5, 0.6) is 5.75 Å². The van der Waals surface area contributed by atoms with Gasteiger partial charge in [0, 0.05) is 0 Å². The summed E-state index contributed by atoms with van der Waals surface area (Å²) in [6.45, 7) is 3.04. The second kappa shape index (κ2) is 6.72. The molecule has 1 rings (SSSR count). The predicted octanol–water partition coefficient (Wildman–Crippen LogP) is 1.27. The van der Waals surface area contributed by atoms with Crippen molar-refractivity contribution < 1.29 is 23.5 Å². The van der Waals surface area contributed by atoms with Crippen LogP contribution in [0.2, 0.25) is 0 Å². The van der Waals surface area contributed by atoms with Gasteiger partial charge in [0.05, 0.1) is 7.11 Å². The molecule has 0 bridgehead atoms. The SMILES string of the molecule is COC(=O)C(C)NC(=O)C(C)Oc1ccc(F)cc1. The second-order valence-electron chi connectivity index (χ2n) is 3.97. The third-order valence-electron chi connectivity index (χ3n) is 2.41. The second-order valence-corrected chi connectivity index (χ2v) is 3.97. The average Bonchev–Trinajstić information content (AvgIpc) is 2.40. The Balaban J connectivity index is 2.53. The predicted molar refractivity (Wildman–Crippen MR) is 66.1 cm³/mol. The number of ether oxygens (including phenoxy) is 2. The molecule has 0 radical (unpaired) electrons. The van der Waals surface area contributed by atoms with Crippen molar-refractivity contribution in [3.05, 3.63) is 30.1 Å². The number of amides is 1. The lowest BCUT2D eigenvalue weighted by Crippen LogP contribution is -2.45. The highest BCUT2D eigenvalue weighted by Gasteiger charge is 2.21. The molecule has 2 atom stereocenters. The van der Waals surface area contributed by atoms with Crippen LogP contribution < -0.4 is 10.1 Å². The molecule has 0 aliphatic heterocycles. The molecule has 0 heterocycles. The van der Waals surface area contributed by atoms with Gasteiger partial charge in [0.1, 0.15) is 17.6 Å². The maximum absolute atomic E-state index is 12.7. The molecule has 1 N–H and O–H groups in total. The quantitative estimate of drug-likeness (QED) is 0.818. The molecular weight excluding hydrogens is 253 g/mol. The largest absolute Gasteiger partial charge is 0.481 e. The number of methoxy groups -OCH3 is 1. The number of halogens is 1. The molecule has 0 saturated carbocycles. The monoisotopic (exact) mass is 269 g/mol. The number of rotatable bonds is 5. The molecular formula is C13H16FNO4. The summed E-state index contributed by atoms with van der Waals surface area (Å²) in [7, 11) is 1.24. The van der Waals surface area contributed by atoms with Crippen molar-refractivity contribution in [2.75, 3.05) is 7.11 Å².